The van der Waals surface area contributed by atoms with Gasteiger partial charge in [0.15, 0.2) is 0 Å². The van der Waals surface area contributed by atoms with Crippen molar-refractivity contribution in [1.82, 2.24) is 14.7 Å². The van der Waals surface area contributed by atoms with Gasteiger partial charge in [-0.25, -0.2) is 4.39 Å². The first kappa shape index (κ1) is 24.0. The van der Waals surface area contributed by atoms with E-state index in [0.717, 1.165) is 89.3 Å². The van der Waals surface area contributed by atoms with Crippen molar-refractivity contribution in [2.45, 2.75) is 32.2 Å². The van der Waals surface area contributed by atoms with Crippen LogP contribution in [-0.4, -0.2) is 85.6 Å². The molecule has 0 N–H and O–H groups in total. The molecule has 2 saturated heterocycles. The van der Waals surface area contributed by atoms with E-state index in [9.17, 15) is 9.18 Å². The van der Waals surface area contributed by atoms with E-state index in [4.69, 9.17) is 0 Å². The van der Waals surface area contributed by atoms with Crippen molar-refractivity contribution in [3.63, 3.8) is 0 Å². The molecule has 2 aromatic carbocycles. The molecule has 1 amide bonds. The number of piperazine rings is 1. The molecule has 3 aliphatic heterocycles. The quantitative estimate of drug-likeness (QED) is 0.642. The van der Waals surface area contributed by atoms with Crippen LogP contribution in [0.5, 0.6) is 0 Å². The molecule has 3 heterocycles. The first-order valence-corrected chi connectivity index (χ1v) is 13.2. The van der Waals surface area contributed by atoms with Crippen molar-refractivity contribution >= 4 is 17.2 Å². The molecule has 0 saturated carbocycles. The van der Waals surface area contributed by atoms with Gasteiger partial charge < -0.3 is 14.7 Å². The standard InChI is InChI=1S/C29H37FN4O/c1-2-31-19-21-34(22-20-31)29(35)25-5-9-27(10-6-25)33-17-13-28(14-18-33)32-15-11-24(12-16-32)23-3-7-26(30)8-4-23/h3-11,28H,2,12-22H2,1H3. The van der Waals surface area contributed by atoms with E-state index in [1.807, 2.05) is 29.2 Å². The average molecular weight is 477 g/mol. The second kappa shape index (κ2) is 10.9. The monoisotopic (exact) mass is 476 g/mol. The summed E-state index contributed by atoms with van der Waals surface area (Å²) in [7, 11) is 0. The van der Waals surface area contributed by atoms with Gasteiger partial charge in [0.2, 0.25) is 0 Å². The predicted octanol–water partition coefficient (Wildman–Crippen LogP) is 4.36. The van der Waals surface area contributed by atoms with Gasteiger partial charge in [-0.2, -0.15) is 0 Å². The van der Waals surface area contributed by atoms with Crippen molar-refractivity contribution in [1.29, 1.82) is 0 Å². The van der Waals surface area contributed by atoms with Gasteiger partial charge in [-0.05, 0) is 73.3 Å². The Morgan fingerprint density at radius 1 is 0.886 bits per heavy atom. The Labute approximate surface area is 208 Å². The summed E-state index contributed by atoms with van der Waals surface area (Å²) in [5.41, 5.74) is 4.49. The number of amides is 1. The average Bonchev–Trinajstić information content (AvgIpc) is 2.93. The van der Waals surface area contributed by atoms with Gasteiger partial charge in [0, 0.05) is 69.7 Å². The second-order valence-electron chi connectivity index (χ2n) is 9.97. The largest absolute Gasteiger partial charge is 0.371 e. The number of hydrogen-bond donors (Lipinski definition) is 0. The highest BCUT2D eigenvalue weighted by Crippen LogP contribution is 2.28. The van der Waals surface area contributed by atoms with Gasteiger partial charge in [0.05, 0.1) is 0 Å². The number of carbonyl (C=O) groups excluding carboxylic acids is 1. The molecule has 3 aliphatic rings. The third-order valence-electron chi connectivity index (χ3n) is 8.02. The summed E-state index contributed by atoms with van der Waals surface area (Å²) in [6, 6.07) is 15.7. The Morgan fingerprint density at radius 2 is 1.57 bits per heavy atom. The number of carbonyl (C=O) groups is 1. The molecule has 2 fully saturated rings. The Bertz CT molecular complexity index is 1020. The predicted molar refractivity (Wildman–Crippen MR) is 140 cm³/mol. The van der Waals surface area contributed by atoms with Crippen LogP contribution in [0.1, 0.15) is 42.1 Å². The molecule has 0 bridgehead atoms. The highest BCUT2D eigenvalue weighted by Gasteiger charge is 2.27. The summed E-state index contributed by atoms with van der Waals surface area (Å²) < 4.78 is 13.2. The summed E-state index contributed by atoms with van der Waals surface area (Å²) in [6.45, 7) is 10.9. The first-order chi connectivity index (χ1) is 17.1. The number of halogens is 1. The molecule has 5 rings (SSSR count). The molecular formula is C29H37FN4O. The van der Waals surface area contributed by atoms with Gasteiger partial charge in [-0.3, -0.25) is 9.69 Å². The molecule has 0 aromatic heterocycles. The van der Waals surface area contributed by atoms with Gasteiger partial charge in [0.25, 0.3) is 5.91 Å². The maximum atomic E-state index is 13.2. The third-order valence-corrected chi connectivity index (χ3v) is 8.02. The van der Waals surface area contributed by atoms with Crippen molar-refractivity contribution in [2.24, 2.45) is 0 Å². The fraction of sp³-hybridized carbons (Fsp3) is 0.483. The van der Waals surface area contributed by atoms with E-state index in [-0.39, 0.29) is 11.7 Å². The lowest BCUT2D eigenvalue weighted by atomic mass is 9.96. The lowest BCUT2D eigenvalue weighted by molar-refractivity contribution is 0.0643. The lowest BCUT2D eigenvalue weighted by Gasteiger charge is -2.40. The van der Waals surface area contributed by atoms with E-state index < -0.39 is 0 Å². The molecule has 0 atom stereocenters. The van der Waals surface area contributed by atoms with E-state index in [2.05, 4.69) is 39.8 Å². The van der Waals surface area contributed by atoms with E-state index in [1.165, 1.54) is 11.3 Å². The Balaban J connectivity index is 1.11. The number of rotatable bonds is 5. The van der Waals surface area contributed by atoms with E-state index >= 15 is 0 Å². The number of hydrogen-bond acceptors (Lipinski definition) is 4. The zero-order valence-electron chi connectivity index (χ0n) is 20.8. The Hall–Kier alpha value is -2.70. The topological polar surface area (TPSA) is 30.0 Å². The van der Waals surface area contributed by atoms with Gasteiger partial charge >= 0.3 is 0 Å². The summed E-state index contributed by atoms with van der Waals surface area (Å²) in [6.07, 6.45) is 5.65. The molecule has 0 aliphatic carbocycles. The molecule has 186 valence electrons. The van der Waals surface area contributed by atoms with Gasteiger partial charge in [0.1, 0.15) is 5.82 Å². The highest BCUT2D eigenvalue weighted by atomic mass is 19.1. The van der Waals surface area contributed by atoms with Crippen LogP contribution in [0.3, 0.4) is 0 Å². The molecular weight excluding hydrogens is 439 g/mol. The van der Waals surface area contributed by atoms with Crippen molar-refractivity contribution in [3.05, 3.63) is 71.6 Å². The molecule has 6 heteroatoms. The number of benzene rings is 2. The molecule has 2 aromatic rings. The summed E-state index contributed by atoms with van der Waals surface area (Å²) >= 11 is 0. The van der Waals surface area contributed by atoms with Crippen LogP contribution < -0.4 is 4.90 Å². The van der Waals surface area contributed by atoms with Crippen LogP contribution in [0.15, 0.2) is 54.6 Å². The maximum Gasteiger partial charge on any atom is 0.253 e. The minimum absolute atomic E-state index is 0.157. The number of likely N-dealkylation sites (N-methyl/N-ethyl adjacent to an activating group) is 1. The number of nitrogens with zero attached hydrogens (tertiary/aromatic N) is 4. The minimum atomic E-state index is -0.176. The first-order valence-electron chi connectivity index (χ1n) is 13.2. The van der Waals surface area contributed by atoms with E-state index in [0.29, 0.717) is 6.04 Å². The molecule has 0 unspecified atom stereocenters. The van der Waals surface area contributed by atoms with Crippen LogP contribution >= 0.6 is 0 Å². The molecule has 35 heavy (non-hydrogen) atoms. The normalized spacial score (nSPS) is 20.7. The number of piperidine rings is 1. The second-order valence-corrected chi connectivity index (χ2v) is 9.97. The maximum absolute atomic E-state index is 13.2. The zero-order valence-corrected chi connectivity index (χ0v) is 20.8. The van der Waals surface area contributed by atoms with Crippen molar-refractivity contribution in [2.75, 3.05) is 63.8 Å². The summed E-state index contributed by atoms with van der Waals surface area (Å²) in [5, 5.41) is 0. The lowest BCUT2D eigenvalue weighted by Crippen LogP contribution is -2.48. The number of anilines is 1. The van der Waals surface area contributed by atoms with Crippen molar-refractivity contribution in [3.8, 4) is 0 Å². The van der Waals surface area contributed by atoms with Gasteiger partial charge in [-0.1, -0.05) is 25.1 Å². The summed E-state index contributed by atoms with van der Waals surface area (Å²) in [5.74, 6) is -0.0191. The fourth-order valence-electron chi connectivity index (χ4n) is 5.70. The van der Waals surface area contributed by atoms with Crippen LogP contribution in [-0.2, 0) is 0 Å². The van der Waals surface area contributed by atoms with Crippen molar-refractivity contribution < 1.29 is 9.18 Å². The third kappa shape index (κ3) is 5.60. The molecule has 0 radical (unpaired) electrons. The summed E-state index contributed by atoms with van der Waals surface area (Å²) in [4.78, 5) is 22.3. The van der Waals surface area contributed by atoms with Crippen LogP contribution in [0.25, 0.3) is 5.57 Å². The van der Waals surface area contributed by atoms with Crippen LogP contribution in [0.2, 0.25) is 0 Å². The SMILES string of the molecule is CCN1CCN(C(=O)c2ccc(N3CCC(N4CC=C(c5ccc(F)cc5)CC4)CC3)cc2)CC1. The van der Waals surface area contributed by atoms with E-state index in [1.54, 1.807) is 12.1 Å². The Kier molecular flexibility index (Phi) is 7.49. The molecule has 0 spiro atoms. The zero-order chi connectivity index (χ0) is 24.2. The highest BCUT2D eigenvalue weighted by molar-refractivity contribution is 5.94. The minimum Gasteiger partial charge on any atom is -0.371 e. The van der Waals surface area contributed by atoms with Gasteiger partial charge in [-0.15, -0.1) is 0 Å². The Morgan fingerprint density at radius 3 is 2.17 bits per heavy atom. The fourth-order valence-corrected chi connectivity index (χ4v) is 5.70. The molecule has 5 nitrogen and oxygen atoms in total. The van der Waals surface area contributed by atoms with Crippen LogP contribution in [0.4, 0.5) is 10.1 Å². The smallest absolute Gasteiger partial charge is 0.253 e. The van der Waals surface area contributed by atoms with Crippen LogP contribution in [0, 0.1) is 5.82 Å².